The number of hydrogen-bond acceptors (Lipinski definition) is 5. The van der Waals surface area contributed by atoms with Crippen molar-refractivity contribution in [1.82, 2.24) is 9.97 Å². The highest BCUT2D eigenvalue weighted by Gasteiger charge is 2.11. The van der Waals surface area contributed by atoms with E-state index in [4.69, 9.17) is 5.26 Å². The molecule has 0 spiro atoms. The van der Waals surface area contributed by atoms with Crippen LogP contribution in [0.15, 0.2) is 41.1 Å². The Kier molecular flexibility index (Phi) is 4.53. The van der Waals surface area contributed by atoms with E-state index in [0.29, 0.717) is 0 Å². The maximum absolute atomic E-state index is 8.74. The van der Waals surface area contributed by atoms with Gasteiger partial charge in [0.1, 0.15) is 24.5 Å². The van der Waals surface area contributed by atoms with Crippen molar-refractivity contribution in [2.24, 2.45) is 0 Å². The summed E-state index contributed by atoms with van der Waals surface area (Å²) in [6, 6.07) is 11.9. The largest absolute Gasteiger partial charge is 0.346 e. The minimum Gasteiger partial charge on any atom is -0.346 e. The maximum Gasteiger partial charge on any atom is 0.138 e. The molecule has 1 heterocycles. The zero-order valence-corrected chi connectivity index (χ0v) is 12.9. The minimum atomic E-state index is 0.287. The van der Waals surface area contributed by atoms with Gasteiger partial charge in [0.05, 0.1) is 11.8 Å². The fraction of sp³-hybridized carbons (Fsp3) is 0.214. The Hall–Kier alpha value is -2.13. The summed E-state index contributed by atoms with van der Waals surface area (Å²) in [5, 5.41) is 8.74. The van der Waals surface area contributed by atoms with Gasteiger partial charge < -0.3 is 9.80 Å². The molecule has 0 aliphatic heterocycles. The minimum absolute atomic E-state index is 0.287. The van der Waals surface area contributed by atoms with Crippen molar-refractivity contribution in [3.05, 3.63) is 41.1 Å². The van der Waals surface area contributed by atoms with E-state index in [9.17, 15) is 0 Å². The topological polar surface area (TPSA) is 56.1 Å². The van der Waals surface area contributed by atoms with Crippen molar-refractivity contribution in [1.29, 1.82) is 5.26 Å². The van der Waals surface area contributed by atoms with E-state index in [1.807, 2.05) is 49.3 Å². The van der Waals surface area contributed by atoms with Crippen molar-refractivity contribution < 1.29 is 0 Å². The van der Waals surface area contributed by atoms with E-state index in [1.54, 1.807) is 4.90 Å². The summed E-state index contributed by atoms with van der Waals surface area (Å²) in [6.45, 7) is 0.287. The lowest BCUT2D eigenvalue weighted by atomic mass is 10.3. The van der Waals surface area contributed by atoms with Crippen molar-refractivity contribution >= 4 is 33.3 Å². The van der Waals surface area contributed by atoms with Crippen LogP contribution in [-0.2, 0) is 0 Å². The first-order valence-electron chi connectivity index (χ1n) is 6.02. The summed E-state index contributed by atoms with van der Waals surface area (Å²) in [5.41, 5.74) is 1.01. The molecule has 0 radical (unpaired) electrons. The van der Waals surface area contributed by atoms with E-state index in [2.05, 4.69) is 32.0 Å². The number of aromatic nitrogens is 2. The first-order chi connectivity index (χ1) is 9.63. The third-order valence-electron chi connectivity index (χ3n) is 2.89. The third-order valence-corrected chi connectivity index (χ3v) is 3.57. The number of para-hydroxylation sites is 1. The van der Waals surface area contributed by atoms with Crippen LogP contribution in [0.1, 0.15) is 0 Å². The van der Waals surface area contributed by atoms with Gasteiger partial charge in [-0.3, -0.25) is 0 Å². The molecule has 1 aromatic carbocycles. The van der Waals surface area contributed by atoms with Crippen LogP contribution in [0.4, 0.5) is 17.3 Å². The first kappa shape index (κ1) is 14.3. The molecule has 5 nitrogen and oxygen atoms in total. The molecular formula is C14H14BrN5. The van der Waals surface area contributed by atoms with Crippen molar-refractivity contribution in [3.63, 3.8) is 0 Å². The zero-order chi connectivity index (χ0) is 14.5. The van der Waals surface area contributed by atoms with Gasteiger partial charge in [-0.1, -0.05) is 12.1 Å². The van der Waals surface area contributed by atoms with Crippen molar-refractivity contribution in [3.8, 4) is 6.07 Å². The van der Waals surface area contributed by atoms with E-state index in [1.165, 1.54) is 6.33 Å². The molecule has 0 aliphatic carbocycles. The summed E-state index contributed by atoms with van der Waals surface area (Å²) in [6.07, 6.45) is 1.51. The lowest BCUT2D eigenvalue weighted by Gasteiger charge is -2.21. The van der Waals surface area contributed by atoms with Gasteiger partial charge in [-0.15, -0.1) is 0 Å². The fourth-order valence-corrected chi connectivity index (χ4v) is 2.31. The average molecular weight is 332 g/mol. The van der Waals surface area contributed by atoms with E-state index >= 15 is 0 Å². The first-order valence-corrected chi connectivity index (χ1v) is 6.81. The van der Waals surface area contributed by atoms with Crippen LogP contribution in [0, 0.1) is 11.3 Å². The van der Waals surface area contributed by atoms with E-state index in [0.717, 1.165) is 21.8 Å². The Morgan fingerprint density at radius 3 is 2.60 bits per heavy atom. The molecule has 0 unspecified atom stereocenters. The summed E-state index contributed by atoms with van der Waals surface area (Å²) < 4.78 is 0.994. The third kappa shape index (κ3) is 3.06. The lowest BCUT2D eigenvalue weighted by Crippen LogP contribution is -2.19. The zero-order valence-electron chi connectivity index (χ0n) is 11.3. The van der Waals surface area contributed by atoms with Gasteiger partial charge in [0.15, 0.2) is 0 Å². The standard InChI is InChI=1S/C14H14BrN5/c1-19(8-7-16)13-9-14(18-10-17-13)20(2)12-6-4-3-5-11(12)15/h3-6,9-10H,8H2,1-2H3. The number of halogens is 1. The molecule has 20 heavy (non-hydrogen) atoms. The van der Waals surface area contributed by atoms with E-state index in [-0.39, 0.29) is 6.54 Å². The lowest BCUT2D eigenvalue weighted by molar-refractivity contribution is 0.970. The molecule has 0 bridgehead atoms. The quantitative estimate of drug-likeness (QED) is 0.806. The highest BCUT2D eigenvalue weighted by molar-refractivity contribution is 9.10. The highest BCUT2D eigenvalue weighted by atomic mass is 79.9. The molecule has 0 saturated heterocycles. The number of nitrogens with zero attached hydrogens (tertiary/aromatic N) is 5. The Bertz CT molecular complexity index is 637. The summed E-state index contributed by atoms with van der Waals surface area (Å²) in [5.74, 6) is 1.49. The van der Waals surface area contributed by atoms with Gasteiger partial charge >= 0.3 is 0 Å². The van der Waals surface area contributed by atoms with E-state index < -0.39 is 0 Å². The molecular weight excluding hydrogens is 318 g/mol. The number of nitriles is 1. The monoisotopic (exact) mass is 331 g/mol. The number of hydrogen-bond donors (Lipinski definition) is 0. The molecule has 0 aliphatic rings. The molecule has 1 aromatic heterocycles. The second-order valence-electron chi connectivity index (χ2n) is 4.26. The predicted octanol–water partition coefficient (Wildman–Crippen LogP) is 2.97. The number of anilines is 3. The maximum atomic E-state index is 8.74. The Balaban J connectivity index is 2.32. The van der Waals surface area contributed by atoms with Gasteiger partial charge in [0.25, 0.3) is 0 Å². The van der Waals surface area contributed by atoms with Crippen molar-refractivity contribution in [2.75, 3.05) is 30.4 Å². The molecule has 0 N–H and O–H groups in total. The second-order valence-corrected chi connectivity index (χ2v) is 5.11. The molecule has 0 saturated carbocycles. The average Bonchev–Trinajstić information content (AvgIpc) is 2.47. The SMILES string of the molecule is CN(CC#N)c1cc(N(C)c2ccccc2Br)ncn1. The van der Waals surface area contributed by atoms with Gasteiger partial charge in [0, 0.05) is 24.6 Å². The van der Waals surface area contributed by atoms with Gasteiger partial charge in [-0.25, -0.2) is 9.97 Å². The molecule has 0 amide bonds. The second kappa shape index (κ2) is 6.35. The normalized spacial score (nSPS) is 9.90. The smallest absolute Gasteiger partial charge is 0.138 e. The molecule has 2 rings (SSSR count). The summed E-state index contributed by atoms with van der Waals surface area (Å²) in [4.78, 5) is 12.2. The molecule has 102 valence electrons. The van der Waals surface area contributed by atoms with Crippen LogP contribution >= 0.6 is 15.9 Å². The van der Waals surface area contributed by atoms with Gasteiger partial charge in [-0.05, 0) is 28.1 Å². The van der Waals surface area contributed by atoms with Crippen LogP contribution in [0.25, 0.3) is 0 Å². The predicted molar refractivity (Wildman–Crippen MR) is 83.1 cm³/mol. The molecule has 0 fully saturated rings. The Labute approximate surface area is 126 Å². The Morgan fingerprint density at radius 2 is 1.90 bits per heavy atom. The summed E-state index contributed by atoms with van der Waals surface area (Å²) >= 11 is 3.53. The van der Waals surface area contributed by atoms with Crippen LogP contribution < -0.4 is 9.80 Å². The highest BCUT2D eigenvalue weighted by Crippen LogP contribution is 2.30. The van der Waals surface area contributed by atoms with Crippen LogP contribution in [0.3, 0.4) is 0 Å². The fourth-order valence-electron chi connectivity index (χ4n) is 1.76. The summed E-state index contributed by atoms with van der Waals surface area (Å²) in [7, 11) is 3.77. The number of rotatable bonds is 4. The van der Waals surface area contributed by atoms with Crippen LogP contribution in [0.5, 0.6) is 0 Å². The van der Waals surface area contributed by atoms with Crippen LogP contribution in [-0.4, -0.2) is 30.6 Å². The molecule has 6 heteroatoms. The number of benzene rings is 1. The molecule has 2 aromatic rings. The van der Waals surface area contributed by atoms with Gasteiger partial charge in [-0.2, -0.15) is 5.26 Å². The van der Waals surface area contributed by atoms with Gasteiger partial charge in [0.2, 0.25) is 0 Å². The molecule has 0 atom stereocenters. The Morgan fingerprint density at radius 1 is 1.20 bits per heavy atom. The van der Waals surface area contributed by atoms with Crippen molar-refractivity contribution in [2.45, 2.75) is 0 Å². The van der Waals surface area contributed by atoms with Crippen LogP contribution in [0.2, 0.25) is 0 Å².